The number of aryl methyl sites for hydroxylation is 1. The zero-order valence-corrected chi connectivity index (χ0v) is 18.7. The molecule has 7 nitrogen and oxygen atoms in total. The van der Waals surface area contributed by atoms with Gasteiger partial charge in [0.25, 0.3) is 0 Å². The van der Waals surface area contributed by atoms with Gasteiger partial charge >= 0.3 is 6.03 Å². The number of likely N-dealkylation sites (tertiary alicyclic amines) is 1. The average Bonchev–Trinajstić information content (AvgIpc) is 3.42. The summed E-state index contributed by atoms with van der Waals surface area (Å²) in [6, 6.07) is 13.0. The highest BCUT2D eigenvalue weighted by Crippen LogP contribution is 2.28. The Morgan fingerprint density at radius 1 is 1.24 bits per heavy atom. The Morgan fingerprint density at radius 2 is 2.00 bits per heavy atom. The number of hydrogen-bond donors (Lipinski definition) is 2. The van der Waals surface area contributed by atoms with Crippen molar-refractivity contribution in [3.05, 3.63) is 71.4 Å². The molecule has 4 rings (SSSR count). The third-order valence-electron chi connectivity index (χ3n) is 5.35. The van der Waals surface area contributed by atoms with Crippen LogP contribution in [0.4, 0.5) is 19.5 Å². The Bertz CT molecular complexity index is 1060. The molecule has 176 valence electrons. The number of nitrogens with two attached hydrogens (primary N) is 1. The van der Waals surface area contributed by atoms with Gasteiger partial charge in [0, 0.05) is 25.8 Å². The van der Waals surface area contributed by atoms with E-state index in [2.05, 4.69) is 15.2 Å². The summed E-state index contributed by atoms with van der Waals surface area (Å²) in [6.45, 7) is 5.24. The van der Waals surface area contributed by atoms with Crippen LogP contribution in [-0.4, -0.2) is 49.3 Å². The molecule has 1 aliphatic rings. The lowest BCUT2D eigenvalue weighted by Gasteiger charge is -2.15. The fourth-order valence-corrected chi connectivity index (χ4v) is 3.62. The van der Waals surface area contributed by atoms with Crippen molar-refractivity contribution in [3.63, 3.8) is 0 Å². The molecule has 2 heterocycles. The molecule has 1 aliphatic heterocycles. The Labute approximate surface area is 191 Å². The minimum Gasteiger partial charge on any atom is -0.420 e. The molecule has 3 N–H and O–H groups in total. The number of oxazole rings is 1. The van der Waals surface area contributed by atoms with Gasteiger partial charge < -0.3 is 19.8 Å². The highest BCUT2D eigenvalue weighted by atomic mass is 19.2. The van der Waals surface area contributed by atoms with Crippen molar-refractivity contribution in [2.45, 2.75) is 19.3 Å². The van der Waals surface area contributed by atoms with E-state index >= 15 is 0 Å². The number of aromatic nitrogens is 1. The van der Waals surface area contributed by atoms with E-state index in [1.54, 1.807) is 20.1 Å². The molecule has 1 fully saturated rings. The predicted octanol–water partition coefficient (Wildman–Crippen LogP) is 4.54. The molecule has 1 saturated heterocycles. The molecule has 1 aromatic heterocycles. The van der Waals surface area contributed by atoms with Gasteiger partial charge in [-0.05, 0) is 55.6 Å². The molecule has 0 saturated carbocycles. The van der Waals surface area contributed by atoms with Crippen molar-refractivity contribution >= 4 is 11.9 Å². The number of amides is 2. The van der Waals surface area contributed by atoms with E-state index in [-0.39, 0.29) is 5.88 Å². The highest BCUT2D eigenvalue weighted by Gasteiger charge is 2.24. The molecule has 1 unspecified atom stereocenters. The number of nitrogens with zero attached hydrogens (tertiary/aromatic N) is 2. The number of hydrogen-bond acceptors (Lipinski definition) is 5. The van der Waals surface area contributed by atoms with Crippen LogP contribution in [0.3, 0.4) is 0 Å². The van der Waals surface area contributed by atoms with Gasteiger partial charge in [-0.25, -0.2) is 18.6 Å². The smallest absolute Gasteiger partial charge is 0.319 e. The van der Waals surface area contributed by atoms with Gasteiger partial charge in [0.05, 0.1) is 6.61 Å². The first-order valence-electron chi connectivity index (χ1n) is 10.6. The maximum Gasteiger partial charge on any atom is 0.319 e. The second-order valence-electron chi connectivity index (χ2n) is 7.74. The van der Waals surface area contributed by atoms with Gasteiger partial charge in [0.15, 0.2) is 11.6 Å². The van der Waals surface area contributed by atoms with Crippen LogP contribution in [0, 0.1) is 18.6 Å². The Morgan fingerprint density at radius 3 is 2.67 bits per heavy atom. The second kappa shape index (κ2) is 11.5. The minimum absolute atomic E-state index is 0.284. The number of primary amides is 1. The van der Waals surface area contributed by atoms with Crippen LogP contribution in [0.15, 0.2) is 52.9 Å². The maximum atomic E-state index is 13.1. The monoisotopic (exact) mass is 458 g/mol. The number of urea groups is 1. The van der Waals surface area contributed by atoms with Crippen molar-refractivity contribution < 1.29 is 22.7 Å². The van der Waals surface area contributed by atoms with Crippen LogP contribution in [0.1, 0.15) is 23.6 Å². The van der Waals surface area contributed by atoms with Gasteiger partial charge in [-0.3, -0.25) is 5.32 Å². The number of methoxy groups -OCH3 is 1. The van der Waals surface area contributed by atoms with Crippen molar-refractivity contribution in [3.8, 4) is 11.5 Å². The molecular weight excluding hydrogens is 430 g/mol. The number of anilines is 1. The van der Waals surface area contributed by atoms with Crippen molar-refractivity contribution in [2.24, 2.45) is 5.73 Å². The first-order valence-corrected chi connectivity index (χ1v) is 10.6. The number of ether oxygens (including phenoxy) is 1. The van der Waals surface area contributed by atoms with E-state index in [4.69, 9.17) is 14.9 Å². The van der Waals surface area contributed by atoms with E-state index < -0.39 is 17.7 Å². The van der Waals surface area contributed by atoms with E-state index in [1.807, 2.05) is 30.3 Å². The molecule has 0 aliphatic carbocycles. The molecular formula is C24H28F2N4O3. The summed E-state index contributed by atoms with van der Waals surface area (Å²) in [5, 5.41) is 2.37. The zero-order chi connectivity index (χ0) is 23.8. The van der Waals surface area contributed by atoms with E-state index in [0.29, 0.717) is 24.1 Å². The fourth-order valence-electron chi connectivity index (χ4n) is 3.62. The summed E-state index contributed by atoms with van der Waals surface area (Å²) in [5.41, 5.74) is 7.34. The van der Waals surface area contributed by atoms with Gasteiger partial charge in [-0.2, -0.15) is 0 Å². The van der Waals surface area contributed by atoms with Crippen LogP contribution in [0.25, 0.3) is 11.5 Å². The largest absolute Gasteiger partial charge is 0.420 e. The molecule has 0 spiro atoms. The molecule has 3 aromatic rings. The Hall–Kier alpha value is -3.30. The normalized spacial score (nSPS) is 15.7. The van der Waals surface area contributed by atoms with Crippen molar-refractivity contribution in [1.82, 2.24) is 9.88 Å². The van der Waals surface area contributed by atoms with Gasteiger partial charge in [0.1, 0.15) is 5.69 Å². The summed E-state index contributed by atoms with van der Waals surface area (Å²) in [5.74, 6) is -0.476. The van der Waals surface area contributed by atoms with Crippen LogP contribution >= 0.6 is 0 Å². The zero-order valence-electron chi connectivity index (χ0n) is 18.7. The van der Waals surface area contributed by atoms with Crippen LogP contribution in [0.2, 0.25) is 0 Å². The lowest BCUT2D eigenvalue weighted by atomic mass is 9.98. The third-order valence-corrected chi connectivity index (χ3v) is 5.35. The number of benzene rings is 2. The first kappa shape index (κ1) is 24.3. The molecule has 0 radical (unpaired) electrons. The summed E-state index contributed by atoms with van der Waals surface area (Å²) < 4.78 is 36.4. The van der Waals surface area contributed by atoms with E-state index in [9.17, 15) is 13.6 Å². The lowest BCUT2D eigenvalue weighted by molar-refractivity contribution is 0.160. The third kappa shape index (κ3) is 6.84. The molecule has 9 heteroatoms. The van der Waals surface area contributed by atoms with E-state index in [0.717, 1.165) is 37.2 Å². The number of rotatable bonds is 6. The number of carbonyl (C=O) groups is 1. The van der Waals surface area contributed by atoms with Crippen molar-refractivity contribution in [1.29, 1.82) is 0 Å². The first-order chi connectivity index (χ1) is 15.9. The molecule has 2 amide bonds. The van der Waals surface area contributed by atoms with Gasteiger partial charge in [0.2, 0.25) is 11.8 Å². The summed E-state index contributed by atoms with van der Waals surface area (Å²) >= 11 is 0. The van der Waals surface area contributed by atoms with Crippen LogP contribution < -0.4 is 11.1 Å². The minimum atomic E-state index is -0.775. The standard InChI is InChI=1S/C13H17F2NO.C11H11N3O2/c1-17-7-6-16-5-4-11(9-16)10-2-3-12(14)13(15)8-10;1-7-9(14-11(12)15)16-10(13-7)8-5-3-2-4-6-8/h2-3,8,11H,4-7,9H2,1H3;2-6H,1H3,(H3,12,14,15). The predicted molar refractivity (Wildman–Crippen MR) is 122 cm³/mol. The average molecular weight is 459 g/mol. The molecule has 33 heavy (non-hydrogen) atoms. The molecule has 2 aromatic carbocycles. The molecule has 1 atom stereocenters. The van der Waals surface area contributed by atoms with Gasteiger partial charge in [-0.1, -0.05) is 24.3 Å². The van der Waals surface area contributed by atoms with Crippen LogP contribution in [0.5, 0.6) is 0 Å². The summed E-state index contributed by atoms with van der Waals surface area (Å²) in [4.78, 5) is 17.2. The van der Waals surface area contributed by atoms with Crippen LogP contribution in [-0.2, 0) is 4.74 Å². The number of nitrogens with one attached hydrogen (secondary N) is 1. The second-order valence-corrected chi connectivity index (χ2v) is 7.74. The summed E-state index contributed by atoms with van der Waals surface area (Å²) in [6.07, 6.45) is 0.995. The SMILES string of the molecule is COCCN1CCC(c2ccc(F)c(F)c2)C1.Cc1nc(-c2ccccc2)oc1NC(N)=O. The van der Waals surface area contributed by atoms with E-state index in [1.165, 1.54) is 12.1 Å². The highest BCUT2D eigenvalue weighted by molar-refractivity contribution is 5.86. The topological polar surface area (TPSA) is 93.6 Å². The maximum absolute atomic E-state index is 13.1. The fraction of sp³-hybridized carbons (Fsp3) is 0.333. The Balaban J connectivity index is 0.000000186. The summed E-state index contributed by atoms with van der Waals surface area (Å²) in [7, 11) is 1.68. The quantitative estimate of drug-likeness (QED) is 0.566. The number of halogens is 2. The Kier molecular flexibility index (Phi) is 8.51. The van der Waals surface area contributed by atoms with Crippen molar-refractivity contribution in [2.75, 3.05) is 38.7 Å². The number of carbonyl (C=O) groups excluding carboxylic acids is 1. The lowest BCUT2D eigenvalue weighted by Crippen LogP contribution is -2.24. The van der Waals surface area contributed by atoms with Gasteiger partial charge in [-0.15, -0.1) is 0 Å². The molecule has 0 bridgehead atoms.